The maximum Gasteiger partial charge on any atom is 0.241 e. The molecule has 0 aliphatic carbocycles. The molecule has 116 valence electrons. The van der Waals surface area contributed by atoms with Gasteiger partial charge < -0.3 is 15.5 Å². The first-order chi connectivity index (χ1) is 10.1. The molecule has 0 bridgehead atoms. The summed E-state index contributed by atoms with van der Waals surface area (Å²) in [6, 6.07) is 8.32. The van der Waals surface area contributed by atoms with Crippen molar-refractivity contribution in [3.05, 3.63) is 29.8 Å². The highest BCUT2D eigenvalue weighted by molar-refractivity contribution is 7.98. The number of thioether (sulfide) groups is 1. The Morgan fingerprint density at radius 1 is 1.24 bits per heavy atom. The highest BCUT2D eigenvalue weighted by Gasteiger charge is 2.05. The van der Waals surface area contributed by atoms with Gasteiger partial charge in [0.1, 0.15) is 0 Å². The van der Waals surface area contributed by atoms with Crippen LogP contribution in [0.2, 0.25) is 0 Å². The summed E-state index contributed by atoms with van der Waals surface area (Å²) in [5, 5.41) is 6.17. The SMILES string of the molecule is CCNC(=NCc1ccc(SC)cc1)NCC(=O)N(C)C. The van der Waals surface area contributed by atoms with E-state index in [-0.39, 0.29) is 12.5 Å². The van der Waals surface area contributed by atoms with Crippen molar-refractivity contribution in [1.82, 2.24) is 15.5 Å². The third-order valence-electron chi connectivity index (χ3n) is 2.83. The lowest BCUT2D eigenvalue weighted by Gasteiger charge is -2.14. The Morgan fingerprint density at radius 3 is 2.43 bits per heavy atom. The lowest BCUT2D eigenvalue weighted by molar-refractivity contribution is -0.127. The smallest absolute Gasteiger partial charge is 0.241 e. The molecule has 0 saturated carbocycles. The van der Waals surface area contributed by atoms with Crippen LogP contribution in [0.15, 0.2) is 34.2 Å². The molecule has 1 rings (SSSR count). The maximum atomic E-state index is 11.6. The second-order valence-electron chi connectivity index (χ2n) is 4.68. The second-order valence-corrected chi connectivity index (χ2v) is 5.56. The number of hydrogen-bond donors (Lipinski definition) is 2. The summed E-state index contributed by atoms with van der Waals surface area (Å²) in [6.45, 7) is 3.58. The fourth-order valence-corrected chi connectivity index (χ4v) is 1.97. The lowest BCUT2D eigenvalue weighted by atomic mass is 10.2. The minimum absolute atomic E-state index is 0.0185. The van der Waals surface area contributed by atoms with E-state index in [0.29, 0.717) is 12.5 Å². The molecule has 1 aromatic carbocycles. The first kappa shape index (κ1) is 17.4. The third-order valence-corrected chi connectivity index (χ3v) is 3.57. The fourth-order valence-electron chi connectivity index (χ4n) is 1.56. The van der Waals surface area contributed by atoms with Crippen LogP contribution in [0.3, 0.4) is 0 Å². The van der Waals surface area contributed by atoms with Crippen molar-refractivity contribution in [2.45, 2.75) is 18.4 Å². The van der Waals surface area contributed by atoms with Gasteiger partial charge in [0, 0.05) is 25.5 Å². The van der Waals surface area contributed by atoms with Crippen molar-refractivity contribution in [3.8, 4) is 0 Å². The quantitative estimate of drug-likeness (QED) is 0.476. The molecule has 0 heterocycles. The molecular weight excluding hydrogens is 284 g/mol. The molecule has 1 aromatic rings. The predicted molar refractivity (Wildman–Crippen MR) is 89.7 cm³/mol. The van der Waals surface area contributed by atoms with Gasteiger partial charge in [-0.15, -0.1) is 11.8 Å². The number of benzene rings is 1. The van der Waals surface area contributed by atoms with Crippen molar-refractivity contribution >= 4 is 23.6 Å². The molecule has 0 fully saturated rings. The third kappa shape index (κ3) is 6.53. The van der Waals surface area contributed by atoms with Gasteiger partial charge in [-0.05, 0) is 30.9 Å². The first-order valence-electron chi connectivity index (χ1n) is 6.92. The van der Waals surface area contributed by atoms with E-state index in [2.05, 4.69) is 46.1 Å². The molecule has 1 amide bonds. The second kappa shape index (κ2) is 9.28. The monoisotopic (exact) mass is 308 g/mol. The molecule has 0 aromatic heterocycles. The molecule has 21 heavy (non-hydrogen) atoms. The van der Waals surface area contributed by atoms with Crippen molar-refractivity contribution in [3.63, 3.8) is 0 Å². The van der Waals surface area contributed by atoms with E-state index in [9.17, 15) is 4.79 Å². The van der Waals surface area contributed by atoms with Crippen LogP contribution in [0.5, 0.6) is 0 Å². The molecule has 0 saturated heterocycles. The standard InChI is InChI=1S/C15H24N4OS/c1-5-16-15(18-11-14(20)19(2)3)17-10-12-6-8-13(21-4)9-7-12/h6-9H,5,10-11H2,1-4H3,(H2,16,17,18). The number of aliphatic imine (C=N–C) groups is 1. The zero-order chi connectivity index (χ0) is 15.7. The summed E-state index contributed by atoms with van der Waals surface area (Å²) in [6.07, 6.45) is 2.06. The Labute approximate surface area is 131 Å². The predicted octanol–water partition coefficient (Wildman–Crippen LogP) is 1.55. The average Bonchev–Trinajstić information content (AvgIpc) is 2.50. The van der Waals surface area contributed by atoms with Crippen LogP contribution < -0.4 is 10.6 Å². The van der Waals surface area contributed by atoms with Crippen LogP contribution in [-0.4, -0.2) is 50.2 Å². The Kier molecular flexibility index (Phi) is 7.68. The molecule has 0 unspecified atom stereocenters. The number of amides is 1. The number of nitrogens with one attached hydrogen (secondary N) is 2. The number of carbonyl (C=O) groups excluding carboxylic acids is 1. The summed E-state index contributed by atoms with van der Waals surface area (Å²) in [7, 11) is 3.47. The van der Waals surface area contributed by atoms with E-state index in [1.165, 1.54) is 4.90 Å². The number of rotatable bonds is 6. The van der Waals surface area contributed by atoms with Gasteiger partial charge in [0.15, 0.2) is 5.96 Å². The molecular formula is C15H24N4OS. The van der Waals surface area contributed by atoms with E-state index in [1.807, 2.05) is 6.92 Å². The van der Waals surface area contributed by atoms with E-state index in [1.54, 1.807) is 30.8 Å². The van der Waals surface area contributed by atoms with Gasteiger partial charge in [-0.1, -0.05) is 12.1 Å². The summed E-state index contributed by atoms with van der Waals surface area (Å²) in [5.74, 6) is 0.673. The fraction of sp³-hybridized carbons (Fsp3) is 0.467. The van der Waals surface area contributed by atoms with E-state index in [0.717, 1.165) is 12.1 Å². The summed E-state index contributed by atoms with van der Waals surface area (Å²) < 4.78 is 0. The normalized spacial score (nSPS) is 11.1. The van der Waals surface area contributed by atoms with Crippen molar-refractivity contribution < 1.29 is 4.79 Å². The number of nitrogens with zero attached hydrogens (tertiary/aromatic N) is 2. The van der Waals surface area contributed by atoms with E-state index < -0.39 is 0 Å². The van der Waals surface area contributed by atoms with Crippen LogP contribution in [0, 0.1) is 0 Å². The molecule has 0 radical (unpaired) electrons. The molecule has 2 N–H and O–H groups in total. The average molecular weight is 308 g/mol. The summed E-state index contributed by atoms with van der Waals surface area (Å²) in [5.41, 5.74) is 1.14. The highest BCUT2D eigenvalue weighted by Crippen LogP contribution is 2.15. The van der Waals surface area contributed by atoms with Crippen molar-refractivity contribution in [1.29, 1.82) is 0 Å². The highest BCUT2D eigenvalue weighted by atomic mass is 32.2. The van der Waals surface area contributed by atoms with E-state index >= 15 is 0 Å². The van der Waals surface area contributed by atoms with Crippen LogP contribution in [0.1, 0.15) is 12.5 Å². The first-order valence-corrected chi connectivity index (χ1v) is 8.14. The molecule has 0 aliphatic rings. The maximum absolute atomic E-state index is 11.6. The molecule has 5 nitrogen and oxygen atoms in total. The van der Waals surface area contributed by atoms with E-state index in [4.69, 9.17) is 0 Å². The number of guanidine groups is 1. The molecule has 6 heteroatoms. The van der Waals surface area contributed by atoms with Crippen LogP contribution in [0.4, 0.5) is 0 Å². The van der Waals surface area contributed by atoms with Crippen LogP contribution in [0.25, 0.3) is 0 Å². The van der Waals surface area contributed by atoms with Gasteiger partial charge in [-0.2, -0.15) is 0 Å². The summed E-state index contributed by atoms with van der Waals surface area (Å²) in [4.78, 5) is 18.9. The van der Waals surface area contributed by atoms with Gasteiger partial charge in [0.25, 0.3) is 0 Å². The molecule has 0 spiro atoms. The number of likely N-dealkylation sites (N-methyl/N-ethyl adjacent to an activating group) is 1. The zero-order valence-corrected chi connectivity index (χ0v) is 14.0. The largest absolute Gasteiger partial charge is 0.357 e. The van der Waals surface area contributed by atoms with Gasteiger partial charge in [0.2, 0.25) is 5.91 Å². The van der Waals surface area contributed by atoms with Gasteiger partial charge >= 0.3 is 0 Å². The Hall–Kier alpha value is -1.69. The molecule has 0 aliphatic heterocycles. The van der Waals surface area contributed by atoms with Gasteiger partial charge in [-0.25, -0.2) is 4.99 Å². The van der Waals surface area contributed by atoms with Crippen molar-refractivity contribution in [2.24, 2.45) is 4.99 Å². The van der Waals surface area contributed by atoms with Gasteiger partial charge in [0.05, 0.1) is 13.1 Å². The van der Waals surface area contributed by atoms with Crippen LogP contribution >= 0.6 is 11.8 Å². The Morgan fingerprint density at radius 2 is 1.90 bits per heavy atom. The van der Waals surface area contributed by atoms with Gasteiger partial charge in [-0.3, -0.25) is 4.79 Å². The minimum atomic E-state index is 0.0185. The topological polar surface area (TPSA) is 56.7 Å². The van der Waals surface area contributed by atoms with Crippen LogP contribution in [-0.2, 0) is 11.3 Å². The minimum Gasteiger partial charge on any atom is -0.357 e. The number of carbonyl (C=O) groups is 1. The summed E-state index contributed by atoms with van der Waals surface area (Å²) >= 11 is 1.72. The Balaban J connectivity index is 2.59. The molecule has 0 atom stereocenters. The number of hydrogen-bond acceptors (Lipinski definition) is 3. The Bertz CT molecular complexity index is 471. The van der Waals surface area contributed by atoms with Crippen molar-refractivity contribution in [2.75, 3.05) is 33.4 Å². The zero-order valence-electron chi connectivity index (χ0n) is 13.1. The lowest BCUT2D eigenvalue weighted by Crippen LogP contribution is -2.42.